The molecule has 192 valence electrons. The number of benzene rings is 2. The molecule has 1 saturated carbocycles. The predicted octanol–water partition coefficient (Wildman–Crippen LogP) is 4.55. The largest absolute Gasteiger partial charge is 0.369 e. The molecule has 8 nitrogen and oxygen atoms in total. The first-order valence-corrected chi connectivity index (χ1v) is 13.5. The van der Waals surface area contributed by atoms with Gasteiger partial charge in [0, 0.05) is 48.3 Å². The van der Waals surface area contributed by atoms with Crippen LogP contribution < -0.4 is 10.5 Å². The molecular formula is C29H35N7O. The van der Waals surface area contributed by atoms with E-state index in [1.54, 1.807) is 0 Å². The van der Waals surface area contributed by atoms with Gasteiger partial charge in [-0.15, -0.1) is 5.10 Å². The highest BCUT2D eigenvalue weighted by molar-refractivity contribution is 5.83. The number of hydrogen-bond donors (Lipinski definition) is 1. The monoisotopic (exact) mass is 497 g/mol. The first kappa shape index (κ1) is 23.9. The fourth-order valence-electron chi connectivity index (χ4n) is 6.23. The number of pyridine rings is 1. The summed E-state index contributed by atoms with van der Waals surface area (Å²) in [6.07, 6.45) is 5.82. The van der Waals surface area contributed by atoms with Gasteiger partial charge in [-0.2, -0.15) is 0 Å². The summed E-state index contributed by atoms with van der Waals surface area (Å²) in [6.45, 7) is 7.58. The Morgan fingerprint density at radius 3 is 2.46 bits per heavy atom. The molecule has 0 radical (unpaired) electrons. The van der Waals surface area contributed by atoms with Gasteiger partial charge in [-0.25, -0.2) is 4.68 Å². The molecule has 37 heavy (non-hydrogen) atoms. The van der Waals surface area contributed by atoms with Crippen LogP contribution in [0.3, 0.4) is 0 Å². The van der Waals surface area contributed by atoms with E-state index in [4.69, 9.17) is 0 Å². The summed E-state index contributed by atoms with van der Waals surface area (Å²) in [5, 5.41) is 14.3. The van der Waals surface area contributed by atoms with Crippen molar-refractivity contribution in [1.29, 1.82) is 0 Å². The van der Waals surface area contributed by atoms with Crippen molar-refractivity contribution >= 4 is 16.6 Å². The number of tetrazole rings is 1. The van der Waals surface area contributed by atoms with E-state index in [9.17, 15) is 4.79 Å². The molecule has 8 heteroatoms. The van der Waals surface area contributed by atoms with Gasteiger partial charge in [0.05, 0.1) is 6.04 Å². The molecule has 0 spiro atoms. The molecule has 2 aromatic carbocycles. The number of nitrogens with zero attached hydrogens (tertiary/aromatic N) is 6. The lowest BCUT2D eigenvalue weighted by Crippen LogP contribution is -2.49. The second-order valence-corrected chi connectivity index (χ2v) is 10.6. The standard InChI is InChI=1S/C29H35N7O/c1-20-17-21(2)24-19-25(29(37)30-26(24)18-20)27(28-31-32-33-36(28)23-11-7-4-8-12-23)35-15-13-34(14-16-35)22-9-5-3-6-10-22/h3,5-6,9-10,17-19,23,27H,4,7-8,11-16H2,1-2H3,(H,30,37)/t27-/m1/s1. The Labute approximate surface area is 217 Å². The van der Waals surface area contributed by atoms with E-state index in [2.05, 4.69) is 86.6 Å². The molecule has 1 aliphatic heterocycles. The SMILES string of the molecule is Cc1cc(C)c2cc([C@H](c3nnnn3C3CCCCC3)N3CCN(c4ccccc4)CC3)c(=O)[nH]c2c1. The molecule has 0 unspecified atom stereocenters. The zero-order chi connectivity index (χ0) is 25.4. The zero-order valence-corrected chi connectivity index (χ0v) is 21.7. The Kier molecular flexibility index (Phi) is 6.50. The van der Waals surface area contributed by atoms with Crippen LogP contribution in [0.2, 0.25) is 0 Å². The summed E-state index contributed by atoms with van der Waals surface area (Å²) in [4.78, 5) is 21.6. The lowest BCUT2D eigenvalue weighted by molar-refractivity contribution is 0.192. The average Bonchev–Trinajstić information content (AvgIpc) is 3.40. The topological polar surface area (TPSA) is 82.9 Å². The Balaban J connectivity index is 1.41. The Morgan fingerprint density at radius 2 is 1.70 bits per heavy atom. The molecule has 3 heterocycles. The van der Waals surface area contributed by atoms with Crippen molar-refractivity contribution in [1.82, 2.24) is 30.1 Å². The number of piperazine rings is 1. The van der Waals surface area contributed by atoms with Gasteiger partial charge in [0.15, 0.2) is 5.82 Å². The summed E-state index contributed by atoms with van der Waals surface area (Å²) < 4.78 is 2.03. The van der Waals surface area contributed by atoms with E-state index in [1.165, 1.54) is 24.9 Å². The smallest absolute Gasteiger partial charge is 0.253 e. The Hall–Kier alpha value is -3.52. The Bertz CT molecular complexity index is 1430. The molecule has 2 aliphatic rings. The van der Waals surface area contributed by atoms with Crippen molar-refractivity contribution in [3.63, 3.8) is 0 Å². The molecule has 2 aromatic heterocycles. The number of anilines is 1. The van der Waals surface area contributed by atoms with Crippen LogP contribution in [0.25, 0.3) is 10.9 Å². The third kappa shape index (κ3) is 4.66. The zero-order valence-electron chi connectivity index (χ0n) is 21.7. The van der Waals surface area contributed by atoms with E-state index >= 15 is 0 Å². The molecular weight excluding hydrogens is 462 g/mol. The normalized spacial score (nSPS) is 18.4. The van der Waals surface area contributed by atoms with Crippen molar-refractivity contribution in [3.8, 4) is 0 Å². The number of aryl methyl sites for hydroxylation is 2. The summed E-state index contributed by atoms with van der Waals surface area (Å²) in [7, 11) is 0. The van der Waals surface area contributed by atoms with Crippen molar-refractivity contribution in [2.75, 3.05) is 31.1 Å². The van der Waals surface area contributed by atoms with Crippen LogP contribution in [0, 0.1) is 13.8 Å². The number of aromatic nitrogens is 5. The number of hydrogen-bond acceptors (Lipinski definition) is 6. The van der Waals surface area contributed by atoms with Crippen LogP contribution in [0.15, 0.2) is 53.3 Å². The van der Waals surface area contributed by atoms with Gasteiger partial charge in [-0.3, -0.25) is 9.69 Å². The molecule has 1 atom stereocenters. The van der Waals surface area contributed by atoms with Crippen LogP contribution in [0.4, 0.5) is 5.69 Å². The maximum atomic E-state index is 13.6. The lowest BCUT2D eigenvalue weighted by Gasteiger charge is -2.40. The van der Waals surface area contributed by atoms with Crippen molar-refractivity contribution < 1.29 is 0 Å². The number of nitrogens with one attached hydrogen (secondary N) is 1. The highest BCUT2D eigenvalue weighted by atomic mass is 16.1. The van der Waals surface area contributed by atoms with Gasteiger partial charge < -0.3 is 9.88 Å². The molecule has 0 amide bonds. The van der Waals surface area contributed by atoms with Gasteiger partial charge >= 0.3 is 0 Å². The molecule has 6 rings (SSSR count). The lowest BCUT2D eigenvalue weighted by atomic mass is 9.94. The number of H-pyrrole nitrogens is 1. The second-order valence-electron chi connectivity index (χ2n) is 10.6. The number of para-hydroxylation sites is 1. The minimum absolute atomic E-state index is 0.0637. The van der Waals surface area contributed by atoms with Crippen LogP contribution in [0.1, 0.15) is 66.7 Å². The van der Waals surface area contributed by atoms with Crippen molar-refractivity contribution in [2.45, 2.75) is 58.0 Å². The van der Waals surface area contributed by atoms with Crippen molar-refractivity contribution in [2.24, 2.45) is 0 Å². The van der Waals surface area contributed by atoms with Gasteiger partial charge in [0.2, 0.25) is 0 Å². The Morgan fingerprint density at radius 1 is 0.946 bits per heavy atom. The molecule has 1 aliphatic carbocycles. The first-order chi connectivity index (χ1) is 18.1. The van der Waals surface area contributed by atoms with Crippen LogP contribution in [-0.4, -0.2) is 56.3 Å². The average molecular weight is 498 g/mol. The quantitative estimate of drug-likeness (QED) is 0.436. The summed E-state index contributed by atoms with van der Waals surface area (Å²) in [6, 6.07) is 16.8. The van der Waals surface area contributed by atoms with E-state index in [1.807, 2.05) is 10.7 Å². The van der Waals surface area contributed by atoms with Crippen LogP contribution in [-0.2, 0) is 0 Å². The molecule has 4 aromatic rings. The first-order valence-electron chi connectivity index (χ1n) is 13.5. The van der Waals surface area contributed by atoms with Gasteiger partial charge in [-0.05, 0) is 72.5 Å². The summed E-state index contributed by atoms with van der Waals surface area (Å²) in [5.41, 5.74) is 5.08. The third-order valence-electron chi connectivity index (χ3n) is 8.12. The van der Waals surface area contributed by atoms with E-state index < -0.39 is 0 Å². The van der Waals surface area contributed by atoms with Gasteiger partial charge in [-0.1, -0.05) is 43.5 Å². The summed E-state index contributed by atoms with van der Waals surface area (Å²) in [5.74, 6) is 0.787. The molecule has 0 bridgehead atoms. The second kappa shape index (κ2) is 10.1. The summed E-state index contributed by atoms with van der Waals surface area (Å²) >= 11 is 0. The molecule has 2 fully saturated rings. The third-order valence-corrected chi connectivity index (χ3v) is 8.12. The van der Waals surface area contributed by atoms with Crippen LogP contribution >= 0.6 is 0 Å². The minimum atomic E-state index is -0.302. The number of aromatic amines is 1. The van der Waals surface area contributed by atoms with Crippen molar-refractivity contribution in [3.05, 3.63) is 81.4 Å². The number of fused-ring (bicyclic) bond motifs is 1. The maximum Gasteiger partial charge on any atom is 0.253 e. The highest BCUT2D eigenvalue weighted by Gasteiger charge is 2.34. The maximum absolute atomic E-state index is 13.6. The fourth-order valence-corrected chi connectivity index (χ4v) is 6.23. The van der Waals surface area contributed by atoms with E-state index in [-0.39, 0.29) is 17.6 Å². The van der Waals surface area contributed by atoms with E-state index in [0.29, 0.717) is 0 Å². The minimum Gasteiger partial charge on any atom is -0.369 e. The fraction of sp³-hybridized carbons (Fsp3) is 0.448. The van der Waals surface area contributed by atoms with E-state index in [0.717, 1.165) is 72.4 Å². The number of rotatable bonds is 5. The predicted molar refractivity (Wildman–Crippen MR) is 146 cm³/mol. The van der Waals surface area contributed by atoms with Crippen LogP contribution in [0.5, 0.6) is 0 Å². The van der Waals surface area contributed by atoms with Gasteiger partial charge in [0.1, 0.15) is 6.04 Å². The highest BCUT2D eigenvalue weighted by Crippen LogP contribution is 2.34. The molecule has 1 saturated heterocycles. The molecule has 1 N–H and O–H groups in total. The van der Waals surface area contributed by atoms with Gasteiger partial charge in [0.25, 0.3) is 5.56 Å².